The van der Waals surface area contributed by atoms with E-state index in [0.29, 0.717) is 33.0 Å². The Kier molecular flexibility index (Phi) is 6.11. The largest absolute Gasteiger partial charge is 0.493 e. The van der Waals surface area contributed by atoms with E-state index in [1.807, 2.05) is 25.1 Å². The van der Waals surface area contributed by atoms with Gasteiger partial charge in [-0.05, 0) is 13.0 Å². The van der Waals surface area contributed by atoms with E-state index in [2.05, 4.69) is 5.32 Å². The third-order valence-corrected chi connectivity index (χ3v) is 3.14. The van der Waals surface area contributed by atoms with Gasteiger partial charge >= 0.3 is 0 Å². The molecule has 0 bridgehead atoms. The highest BCUT2D eigenvalue weighted by Gasteiger charge is 2.14. The van der Waals surface area contributed by atoms with Crippen molar-refractivity contribution in [2.45, 2.75) is 19.6 Å². The minimum absolute atomic E-state index is 0.129. The van der Waals surface area contributed by atoms with E-state index in [0.717, 1.165) is 23.6 Å². The summed E-state index contributed by atoms with van der Waals surface area (Å²) in [7, 11) is 1.67. The number of methoxy groups -OCH3 is 1. The lowest BCUT2D eigenvalue weighted by atomic mass is 10.2. The van der Waals surface area contributed by atoms with Crippen LogP contribution in [0.4, 0.5) is 0 Å². The Labute approximate surface area is 120 Å². The standard InChI is InChI=1S/C15H23NO4/c1-3-19-14-6-4-5-12(15(14)17-2)9-16-10-13-11-18-7-8-20-13/h4-6,13,16H,3,7-11H2,1-2H3. The molecule has 0 amide bonds. The molecule has 20 heavy (non-hydrogen) atoms. The van der Waals surface area contributed by atoms with E-state index in [-0.39, 0.29) is 6.10 Å². The summed E-state index contributed by atoms with van der Waals surface area (Å²) in [5, 5.41) is 3.37. The molecule has 2 rings (SSSR count). The average molecular weight is 281 g/mol. The molecule has 0 aliphatic carbocycles. The SMILES string of the molecule is CCOc1cccc(CNCC2COCCO2)c1OC. The van der Waals surface area contributed by atoms with E-state index in [1.165, 1.54) is 0 Å². The highest BCUT2D eigenvalue weighted by Crippen LogP contribution is 2.30. The van der Waals surface area contributed by atoms with Gasteiger partial charge in [0.15, 0.2) is 11.5 Å². The first-order chi connectivity index (χ1) is 9.85. The van der Waals surface area contributed by atoms with Crippen molar-refractivity contribution >= 4 is 0 Å². The van der Waals surface area contributed by atoms with Crippen molar-refractivity contribution in [3.8, 4) is 11.5 Å². The monoisotopic (exact) mass is 281 g/mol. The quantitative estimate of drug-likeness (QED) is 0.822. The van der Waals surface area contributed by atoms with Crippen molar-refractivity contribution in [3.05, 3.63) is 23.8 Å². The number of hydrogen-bond acceptors (Lipinski definition) is 5. The minimum Gasteiger partial charge on any atom is -0.493 e. The molecule has 1 saturated heterocycles. The number of para-hydroxylation sites is 1. The van der Waals surface area contributed by atoms with E-state index in [4.69, 9.17) is 18.9 Å². The molecule has 1 aromatic carbocycles. The van der Waals surface area contributed by atoms with Crippen molar-refractivity contribution in [2.24, 2.45) is 0 Å². The first-order valence-corrected chi connectivity index (χ1v) is 7.04. The number of benzene rings is 1. The zero-order valence-electron chi connectivity index (χ0n) is 12.2. The molecule has 0 spiro atoms. The number of hydrogen-bond donors (Lipinski definition) is 1. The van der Waals surface area contributed by atoms with E-state index >= 15 is 0 Å². The molecule has 1 fully saturated rings. The lowest BCUT2D eigenvalue weighted by Gasteiger charge is -2.23. The molecule has 0 saturated carbocycles. The fraction of sp³-hybridized carbons (Fsp3) is 0.600. The van der Waals surface area contributed by atoms with Crippen LogP contribution in [0, 0.1) is 0 Å². The predicted molar refractivity (Wildman–Crippen MR) is 76.4 cm³/mol. The van der Waals surface area contributed by atoms with Gasteiger partial charge in [0, 0.05) is 18.7 Å². The Balaban J connectivity index is 1.89. The van der Waals surface area contributed by atoms with Crippen LogP contribution in [0.5, 0.6) is 11.5 Å². The summed E-state index contributed by atoms with van der Waals surface area (Å²) < 4.78 is 22.0. The lowest BCUT2D eigenvalue weighted by molar-refractivity contribution is -0.0864. The lowest BCUT2D eigenvalue weighted by Crippen LogP contribution is -2.37. The molecule has 1 unspecified atom stereocenters. The van der Waals surface area contributed by atoms with Gasteiger partial charge in [-0.2, -0.15) is 0 Å². The van der Waals surface area contributed by atoms with Crippen LogP contribution in [0.15, 0.2) is 18.2 Å². The summed E-state index contributed by atoms with van der Waals surface area (Å²) in [5.41, 5.74) is 1.08. The highest BCUT2D eigenvalue weighted by atomic mass is 16.6. The fourth-order valence-corrected chi connectivity index (χ4v) is 2.22. The molecule has 1 aromatic rings. The number of ether oxygens (including phenoxy) is 4. The van der Waals surface area contributed by atoms with E-state index in [1.54, 1.807) is 7.11 Å². The van der Waals surface area contributed by atoms with E-state index in [9.17, 15) is 0 Å². The van der Waals surface area contributed by atoms with Gasteiger partial charge in [0.2, 0.25) is 0 Å². The second-order valence-electron chi connectivity index (χ2n) is 4.58. The summed E-state index contributed by atoms with van der Waals surface area (Å²) in [6.07, 6.45) is 0.129. The number of rotatable bonds is 7. The summed E-state index contributed by atoms with van der Waals surface area (Å²) in [5.74, 6) is 1.58. The van der Waals surface area contributed by atoms with Crippen molar-refractivity contribution < 1.29 is 18.9 Å². The van der Waals surface area contributed by atoms with E-state index < -0.39 is 0 Å². The molecule has 5 heteroatoms. The summed E-state index contributed by atoms with van der Waals surface area (Å²) in [6, 6.07) is 5.93. The molecule has 1 aliphatic rings. The maximum Gasteiger partial charge on any atom is 0.165 e. The molecular weight excluding hydrogens is 258 g/mol. The summed E-state index contributed by atoms with van der Waals surface area (Å²) >= 11 is 0. The maximum absolute atomic E-state index is 5.59. The van der Waals surface area contributed by atoms with Crippen molar-refractivity contribution in [2.75, 3.05) is 40.1 Å². The second-order valence-corrected chi connectivity index (χ2v) is 4.58. The van der Waals surface area contributed by atoms with Crippen LogP contribution < -0.4 is 14.8 Å². The first kappa shape index (κ1) is 15.1. The molecule has 1 heterocycles. The van der Waals surface area contributed by atoms with Crippen LogP contribution in [0.2, 0.25) is 0 Å². The van der Waals surface area contributed by atoms with Crippen molar-refractivity contribution in [1.82, 2.24) is 5.32 Å². The smallest absolute Gasteiger partial charge is 0.165 e. The van der Waals surface area contributed by atoms with Crippen molar-refractivity contribution in [1.29, 1.82) is 0 Å². The third-order valence-electron chi connectivity index (χ3n) is 3.14. The van der Waals surface area contributed by atoms with Crippen molar-refractivity contribution in [3.63, 3.8) is 0 Å². The number of nitrogens with one attached hydrogen (secondary N) is 1. The molecule has 112 valence electrons. The van der Waals surface area contributed by atoms with Gasteiger partial charge < -0.3 is 24.3 Å². The zero-order valence-corrected chi connectivity index (χ0v) is 12.2. The molecule has 1 aliphatic heterocycles. The van der Waals surface area contributed by atoms with Gasteiger partial charge in [-0.3, -0.25) is 0 Å². The minimum atomic E-state index is 0.129. The Morgan fingerprint density at radius 3 is 2.95 bits per heavy atom. The molecule has 1 N–H and O–H groups in total. The average Bonchev–Trinajstić information content (AvgIpc) is 2.49. The second kappa shape index (κ2) is 8.09. The first-order valence-electron chi connectivity index (χ1n) is 7.04. The Morgan fingerprint density at radius 1 is 1.35 bits per heavy atom. The Bertz CT molecular complexity index is 405. The Morgan fingerprint density at radius 2 is 2.25 bits per heavy atom. The van der Waals surface area contributed by atoms with Gasteiger partial charge in [-0.25, -0.2) is 0 Å². The van der Waals surface area contributed by atoms with Crippen LogP contribution in [-0.2, 0) is 16.0 Å². The third kappa shape index (κ3) is 4.10. The zero-order chi connectivity index (χ0) is 14.2. The molecule has 5 nitrogen and oxygen atoms in total. The Hall–Kier alpha value is -1.30. The topological polar surface area (TPSA) is 49.0 Å². The van der Waals surface area contributed by atoms with Crippen LogP contribution in [0.1, 0.15) is 12.5 Å². The van der Waals surface area contributed by atoms with Crippen LogP contribution >= 0.6 is 0 Å². The van der Waals surface area contributed by atoms with Gasteiger partial charge in [0.1, 0.15) is 0 Å². The maximum atomic E-state index is 5.59. The molecule has 0 radical (unpaired) electrons. The van der Waals surface area contributed by atoms with Crippen LogP contribution in [-0.4, -0.2) is 46.2 Å². The highest BCUT2D eigenvalue weighted by molar-refractivity contribution is 5.46. The molecule has 1 atom stereocenters. The summed E-state index contributed by atoms with van der Waals surface area (Å²) in [4.78, 5) is 0. The van der Waals surface area contributed by atoms with Gasteiger partial charge in [-0.1, -0.05) is 12.1 Å². The summed E-state index contributed by atoms with van der Waals surface area (Å²) in [6.45, 7) is 6.09. The molecular formula is C15H23NO4. The predicted octanol–water partition coefficient (Wildman–Crippen LogP) is 1.60. The normalized spacial score (nSPS) is 18.8. The fourth-order valence-electron chi connectivity index (χ4n) is 2.22. The van der Waals surface area contributed by atoms with Gasteiger partial charge in [0.05, 0.1) is 39.6 Å². The van der Waals surface area contributed by atoms with Gasteiger partial charge in [-0.15, -0.1) is 0 Å². The molecule has 0 aromatic heterocycles. The van der Waals surface area contributed by atoms with Crippen LogP contribution in [0.25, 0.3) is 0 Å². The van der Waals surface area contributed by atoms with Gasteiger partial charge in [0.25, 0.3) is 0 Å². The van der Waals surface area contributed by atoms with Crippen LogP contribution in [0.3, 0.4) is 0 Å².